The standard InChI is InChI=1S/C31H30FNO5/c1-3-4-5-17-37-24-8-6-7-21(18-24)28-27-29(34)25-19-22(32)11-14-26(25)38-30(27)31(35)33(28)16-15-20-9-12-23(36-2)13-10-20/h6-14,18-19,28H,3-5,15-17H2,1-2H3. The van der Waals surface area contributed by atoms with E-state index in [-0.39, 0.29) is 28.2 Å². The normalized spacial score (nSPS) is 14.7. The first kappa shape index (κ1) is 25.5. The van der Waals surface area contributed by atoms with Gasteiger partial charge in [0.05, 0.1) is 30.7 Å². The molecule has 7 heteroatoms. The van der Waals surface area contributed by atoms with Crippen molar-refractivity contribution in [1.82, 2.24) is 4.90 Å². The summed E-state index contributed by atoms with van der Waals surface area (Å²) in [6, 6.07) is 18.2. The highest BCUT2D eigenvalue weighted by atomic mass is 19.1. The summed E-state index contributed by atoms with van der Waals surface area (Å²) in [5.41, 5.74) is 1.77. The summed E-state index contributed by atoms with van der Waals surface area (Å²) in [6.45, 7) is 3.08. The van der Waals surface area contributed by atoms with Gasteiger partial charge < -0.3 is 18.8 Å². The molecular formula is C31H30FNO5. The second-order valence-electron chi connectivity index (χ2n) is 9.44. The minimum absolute atomic E-state index is 0.00288. The molecule has 0 bridgehead atoms. The average Bonchev–Trinajstić information content (AvgIpc) is 3.22. The van der Waals surface area contributed by atoms with E-state index in [2.05, 4.69) is 6.92 Å². The Labute approximate surface area is 220 Å². The molecule has 1 atom stereocenters. The molecule has 2 heterocycles. The number of ether oxygens (including phenoxy) is 2. The van der Waals surface area contributed by atoms with Crippen molar-refractivity contribution in [1.29, 1.82) is 0 Å². The zero-order valence-electron chi connectivity index (χ0n) is 21.5. The van der Waals surface area contributed by atoms with Crippen LogP contribution in [0.1, 0.15) is 59.5 Å². The Bertz CT molecular complexity index is 1510. The Morgan fingerprint density at radius 3 is 2.55 bits per heavy atom. The topological polar surface area (TPSA) is 69.0 Å². The van der Waals surface area contributed by atoms with Crippen LogP contribution in [-0.2, 0) is 6.42 Å². The molecule has 6 nitrogen and oxygen atoms in total. The van der Waals surface area contributed by atoms with E-state index in [1.165, 1.54) is 12.1 Å². The number of methoxy groups -OCH3 is 1. The van der Waals surface area contributed by atoms with Crippen LogP contribution in [0.5, 0.6) is 11.5 Å². The maximum absolute atomic E-state index is 14.0. The van der Waals surface area contributed by atoms with Crippen molar-refractivity contribution in [3.8, 4) is 11.5 Å². The number of rotatable bonds is 10. The lowest BCUT2D eigenvalue weighted by molar-refractivity contribution is 0.0729. The van der Waals surface area contributed by atoms with E-state index in [1.807, 2.05) is 48.5 Å². The van der Waals surface area contributed by atoms with Gasteiger partial charge in [0, 0.05) is 6.54 Å². The Morgan fingerprint density at radius 1 is 0.974 bits per heavy atom. The van der Waals surface area contributed by atoms with Crippen molar-refractivity contribution < 1.29 is 23.1 Å². The van der Waals surface area contributed by atoms with Crippen molar-refractivity contribution in [2.24, 2.45) is 0 Å². The van der Waals surface area contributed by atoms with Crippen LogP contribution in [0.3, 0.4) is 0 Å². The Hall–Kier alpha value is -4.13. The number of benzene rings is 3. The Morgan fingerprint density at radius 2 is 1.79 bits per heavy atom. The molecule has 0 saturated carbocycles. The Balaban J connectivity index is 1.54. The molecule has 1 unspecified atom stereocenters. The van der Waals surface area contributed by atoms with Gasteiger partial charge in [-0.05, 0) is 66.4 Å². The minimum Gasteiger partial charge on any atom is -0.497 e. The van der Waals surface area contributed by atoms with Gasteiger partial charge in [0.15, 0.2) is 5.43 Å². The van der Waals surface area contributed by atoms with Crippen molar-refractivity contribution in [2.45, 2.75) is 38.6 Å². The second-order valence-corrected chi connectivity index (χ2v) is 9.44. The lowest BCUT2D eigenvalue weighted by Crippen LogP contribution is -2.31. The van der Waals surface area contributed by atoms with Gasteiger partial charge in [0.2, 0.25) is 5.76 Å². The van der Waals surface area contributed by atoms with E-state index >= 15 is 0 Å². The molecule has 1 aliphatic rings. The highest BCUT2D eigenvalue weighted by molar-refractivity contribution is 5.99. The fourth-order valence-electron chi connectivity index (χ4n) is 4.93. The molecule has 0 saturated heterocycles. The molecule has 5 rings (SSSR count). The van der Waals surface area contributed by atoms with Crippen molar-refractivity contribution in [3.05, 3.63) is 105 Å². The zero-order valence-corrected chi connectivity index (χ0v) is 21.5. The highest BCUT2D eigenvalue weighted by Gasteiger charge is 2.42. The summed E-state index contributed by atoms with van der Waals surface area (Å²) in [6.07, 6.45) is 3.68. The highest BCUT2D eigenvalue weighted by Crippen LogP contribution is 2.39. The van der Waals surface area contributed by atoms with Gasteiger partial charge in [-0.1, -0.05) is 44.0 Å². The first-order valence-corrected chi connectivity index (χ1v) is 12.9. The Kier molecular flexibility index (Phi) is 7.45. The lowest BCUT2D eigenvalue weighted by atomic mass is 9.98. The molecular weight excluding hydrogens is 485 g/mol. The third-order valence-corrected chi connectivity index (χ3v) is 6.92. The van der Waals surface area contributed by atoms with E-state index < -0.39 is 17.3 Å². The maximum Gasteiger partial charge on any atom is 0.290 e. The van der Waals surface area contributed by atoms with Gasteiger partial charge in [-0.2, -0.15) is 0 Å². The van der Waals surface area contributed by atoms with Crippen LogP contribution in [0, 0.1) is 5.82 Å². The third-order valence-electron chi connectivity index (χ3n) is 6.92. The number of amides is 1. The van der Waals surface area contributed by atoms with Gasteiger partial charge in [0.1, 0.15) is 22.9 Å². The van der Waals surface area contributed by atoms with E-state index in [9.17, 15) is 14.0 Å². The van der Waals surface area contributed by atoms with Crippen LogP contribution in [0.25, 0.3) is 11.0 Å². The van der Waals surface area contributed by atoms with Crippen LogP contribution in [0.4, 0.5) is 4.39 Å². The summed E-state index contributed by atoms with van der Waals surface area (Å²) >= 11 is 0. The molecule has 0 N–H and O–H groups in total. The first-order chi connectivity index (χ1) is 18.5. The molecule has 38 heavy (non-hydrogen) atoms. The number of hydrogen-bond donors (Lipinski definition) is 0. The molecule has 1 amide bonds. The van der Waals surface area contributed by atoms with Gasteiger partial charge >= 0.3 is 0 Å². The van der Waals surface area contributed by atoms with Gasteiger partial charge in [0.25, 0.3) is 5.91 Å². The van der Waals surface area contributed by atoms with Crippen LogP contribution in [-0.4, -0.2) is 31.1 Å². The summed E-state index contributed by atoms with van der Waals surface area (Å²) < 4.78 is 31.2. The van der Waals surface area contributed by atoms with Crippen molar-refractivity contribution >= 4 is 16.9 Å². The van der Waals surface area contributed by atoms with Crippen molar-refractivity contribution in [2.75, 3.05) is 20.3 Å². The first-order valence-electron chi connectivity index (χ1n) is 12.9. The minimum atomic E-state index is -0.682. The number of unbranched alkanes of at least 4 members (excludes halogenated alkanes) is 2. The molecule has 196 valence electrons. The fraction of sp³-hybridized carbons (Fsp3) is 0.290. The molecule has 1 aromatic heterocycles. The zero-order chi connectivity index (χ0) is 26.6. The number of nitrogens with zero attached hydrogens (tertiary/aromatic N) is 1. The number of halogens is 1. The quantitative estimate of drug-likeness (QED) is 0.232. The molecule has 0 radical (unpaired) electrons. The van der Waals surface area contributed by atoms with Crippen LogP contribution >= 0.6 is 0 Å². The second kappa shape index (κ2) is 11.1. The molecule has 0 aliphatic carbocycles. The SMILES string of the molecule is CCCCCOc1cccc(C2c3c(oc4ccc(F)cc4c3=O)C(=O)N2CCc2ccc(OC)cc2)c1. The third kappa shape index (κ3) is 5.01. The van der Waals surface area contributed by atoms with E-state index in [4.69, 9.17) is 13.9 Å². The van der Waals surface area contributed by atoms with Gasteiger partial charge in [-0.3, -0.25) is 9.59 Å². The molecule has 3 aromatic carbocycles. The molecule has 0 fully saturated rings. The van der Waals surface area contributed by atoms with E-state index in [1.54, 1.807) is 12.0 Å². The predicted molar refractivity (Wildman–Crippen MR) is 143 cm³/mol. The van der Waals surface area contributed by atoms with E-state index in [0.29, 0.717) is 25.3 Å². The fourth-order valence-corrected chi connectivity index (χ4v) is 4.93. The largest absolute Gasteiger partial charge is 0.497 e. The van der Waals surface area contributed by atoms with Crippen LogP contribution in [0.2, 0.25) is 0 Å². The number of carbonyl (C=O) groups excluding carboxylic acids is 1. The monoisotopic (exact) mass is 515 g/mol. The maximum atomic E-state index is 14.0. The molecule has 0 spiro atoms. The number of carbonyl (C=O) groups is 1. The summed E-state index contributed by atoms with van der Waals surface area (Å²) in [5.74, 6) is 0.523. The average molecular weight is 516 g/mol. The number of hydrogen-bond acceptors (Lipinski definition) is 5. The van der Waals surface area contributed by atoms with Crippen LogP contribution < -0.4 is 14.9 Å². The predicted octanol–water partition coefficient (Wildman–Crippen LogP) is 6.30. The van der Waals surface area contributed by atoms with Gasteiger partial charge in [-0.15, -0.1) is 0 Å². The van der Waals surface area contributed by atoms with Crippen LogP contribution in [0.15, 0.2) is 75.9 Å². The smallest absolute Gasteiger partial charge is 0.290 e. The lowest BCUT2D eigenvalue weighted by Gasteiger charge is -2.25. The molecule has 1 aliphatic heterocycles. The van der Waals surface area contributed by atoms with Gasteiger partial charge in [-0.25, -0.2) is 4.39 Å². The summed E-state index contributed by atoms with van der Waals surface area (Å²) in [5, 5.41) is 0.116. The number of fused-ring (bicyclic) bond motifs is 2. The summed E-state index contributed by atoms with van der Waals surface area (Å²) in [7, 11) is 1.61. The summed E-state index contributed by atoms with van der Waals surface area (Å²) in [4.78, 5) is 29.0. The van der Waals surface area contributed by atoms with E-state index in [0.717, 1.165) is 42.2 Å². The molecule has 4 aromatic rings. The van der Waals surface area contributed by atoms with Crippen molar-refractivity contribution in [3.63, 3.8) is 0 Å².